The third-order valence-corrected chi connectivity index (χ3v) is 4.94. The van der Waals surface area contributed by atoms with Gasteiger partial charge < -0.3 is 10.1 Å². The lowest BCUT2D eigenvalue weighted by Crippen LogP contribution is -2.50. The quantitative estimate of drug-likeness (QED) is 0.734. The van der Waals surface area contributed by atoms with Crippen molar-refractivity contribution < 1.29 is 9.53 Å². The molecule has 5 nitrogen and oxygen atoms in total. The second-order valence-corrected chi connectivity index (χ2v) is 7.49. The summed E-state index contributed by atoms with van der Waals surface area (Å²) in [6.07, 6.45) is 0.985. The van der Waals surface area contributed by atoms with Crippen molar-refractivity contribution in [1.29, 1.82) is 0 Å². The van der Waals surface area contributed by atoms with Crippen LogP contribution < -0.4 is 10.1 Å². The van der Waals surface area contributed by atoms with Crippen LogP contribution in [0.5, 0.6) is 5.75 Å². The molecule has 2 rings (SSSR count). The number of hydrogen-bond donors (Lipinski definition) is 1. The molecule has 1 fully saturated rings. The van der Waals surface area contributed by atoms with Gasteiger partial charge in [-0.2, -0.15) is 0 Å². The van der Waals surface area contributed by atoms with E-state index < -0.39 is 0 Å². The first kappa shape index (κ1) is 20.7. The molecule has 1 amide bonds. The van der Waals surface area contributed by atoms with Gasteiger partial charge in [0.2, 0.25) is 5.91 Å². The normalized spacial score (nSPS) is 16.0. The largest absolute Gasteiger partial charge is 0.492 e. The van der Waals surface area contributed by atoms with Gasteiger partial charge in [-0.3, -0.25) is 14.6 Å². The number of nitrogens with zero attached hydrogens (tertiary/aromatic N) is 2. The summed E-state index contributed by atoms with van der Waals surface area (Å²) < 4.78 is 5.94. The first-order valence-corrected chi connectivity index (χ1v) is 9.94. The molecule has 1 aromatic rings. The molecule has 146 valence electrons. The summed E-state index contributed by atoms with van der Waals surface area (Å²) in [4.78, 5) is 16.4. The van der Waals surface area contributed by atoms with Gasteiger partial charge in [0.05, 0.1) is 6.54 Å². The van der Waals surface area contributed by atoms with Gasteiger partial charge in [0.25, 0.3) is 0 Å². The number of hydrogen-bond acceptors (Lipinski definition) is 4. The molecule has 0 bridgehead atoms. The van der Waals surface area contributed by atoms with Crippen LogP contribution in [0.25, 0.3) is 0 Å². The molecular formula is C21H35N3O2. The Kier molecular flexibility index (Phi) is 8.39. The number of ether oxygens (including phenoxy) is 1. The number of rotatable bonds is 9. The van der Waals surface area contributed by atoms with Crippen LogP contribution in [-0.4, -0.2) is 68.1 Å². The van der Waals surface area contributed by atoms with E-state index in [1.807, 2.05) is 0 Å². The zero-order valence-corrected chi connectivity index (χ0v) is 16.9. The Morgan fingerprint density at radius 3 is 2.50 bits per heavy atom. The highest BCUT2D eigenvalue weighted by atomic mass is 16.5. The van der Waals surface area contributed by atoms with E-state index in [-0.39, 0.29) is 5.91 Å². The van der Waals surface area contributed by atoms with E-state index in [1.165, 1.54) is 11.1 Å². The lowest BCUT2D eigenvalue weighted by Gasteiger charge is -2.34. The van der Waals surface area contributed by atoms with Crippen LogP contribution in [0.15, 0.2) is 18.2 Å². The molecule has 0 aliphatic carbocycles. The average molecular weight is 362 g/mol. The van der Waals surface area contributed by atoms with Crippen molar-refractivity contribution >= 4 is 5.91 Å². The van der Waals surface area contributed by atoms with Crippen LogP contribution in [0.4, 0.5) is 0 Å². The monoisotopic (exact) mass is 361 g/mol. The van der Waals surface area contributed by atoms with Crippen molar-refractivity contribution in [2.75, 3.05) is 52.4 Å². The molecule has 5 heteroatoms. The zero-order valence-electron chi connectivity index (χ0n) is 16.9. The summed E-state index contributed by atoms with van der Waals surface area (Å²) in [5.41, 5.74) is 2.68. The van der Waals surface area contributed by atoms with Gasteiger partial charge >= 0.3 is 0 Å². The van der Waals surface area contributed by atoms with Crippen LogP contribution in [0.1, 0.15) is 44.2 Å². The van der Waals surface area contributed by atoms with Crippen LogP contribution in [0.2, 0.25) is 0 Å². The summed E-state index contributed by atoms with van der Waals surface area (Å²) in [5.74, 6) is 1.64. The van der Waals surface area contributed by atoms with E-state index in [0.29, 0.717) is 19.1 Å². The Morgan fingerprint density at radius 2 is 1.88 bits per heavy atom. The maximum atomic E-state index is 11.8. The third-order valence-electron chi connectivity index (χ3n) is 4.94. The predicted molar refractivity (Wildman–Crippen MR) is 107 cm³/mol. The molecular weight excluding hydrogens is 326 g/mol. The highest BCUT2D eigenvalue weighted by Crippen LogP contribution is 2.23. The van der Waals surface area contributed by atoms with Gasteiger partial charge in [0.1, 0.15) is 12.4 Å². The highest BCUT2D eigenvalue weighted by Gasteiger charge is 2.18. The molecule has 0 spiro atoms. The van der Waals surface area contributed by atoms with Gasteiger partial charge in [0.15, 0.2) is 0 Å². The number of piperazine rings is 1. The Labute approximate surface area is 158 Å². The molecule has 1 N–H and O–H groups in total. The second kappa shape index (κ2) is 10.5. The first-order chi connectivity index (χ1) is 12.5. The number of nitrogens with one attached hydrogen (secondary N) is 1. The lowest BCUT2D eigenvalue weighted by atomic mass is 9.98. The van der Waals surface area contributed by atoms with Gasteiger partial charge in [-0.05, 0) is 42.5 Å². The lowest BCUT2D eigenvalue weighted by molar-refractivity contribution is -0.122. The van der Waals surface area contributed by atoms with E-state index in [1.54, 1.807) is 0 Å². The molecule has 1 aliphatic heterocycles. The number of amides is 1. The molecule has 0 radical (unpaired) electrons. The highest BCUT2D eigenvalue weighted by molar-refractivity contribution is 5.77. The summed E-state index contributed by atoms with van der Waals surface area (Å²) in [7, 11) is 0. The minimum absolute atomic E-state index is 0.142. The molecule has 1 heterocycles. The minimum Gasteiger partial charge on any atom is -0.492 e. The van der Waals surface area contributed by atoms with Crippen LogP contribution in [-0.2, 0) is 4.79 Å². The number of carbonyl (C=O) groups is 1. The molecule has 1 aromatic carbocycles. The van der Waals surface area contributed by atoms with Crippen molar-refractivity contribution in [3.8, 4) is 5.75 Å². The number of carbonyl (C=O) groups excluding carboxylic acids is 1. The summed E-state index contributed by atoms with van der Waals surface area (Å²) in [6.45, 7) is 15.5. The average Bonchev–Trinajstić information content (AvgIpc) is 2.61. The standard InChI is InChI=1S/C21H35N3O2/c1-5-8-22-21(25)16-24-11-9-23(10-12-24)13-14-26-19-6-7-20(17(2)3)18(4)15-19/h6-7,15,17H,5,8-14,16H2,1-4H3,(H,22,25). The molecule has 0 atom stereocenters. The smallest absolute Gasteiger partial charge is 0.234 e. The summed E-state index contributed by atoms with van der Waals surface area (Å²) in [5, 5.41) is 2.94. The van der Waals surface area contributed by atoms with Crippen molar-refractivity contribution in [1.82, 2.24) is 15.1 Å². The van der Waals surface area contributed by atoms with Crippen molar-refractivity contribution in [2.24, 2.45) is 0 Å². The molecule has 1 saturated heterocycles. The third kappa shape index (κ3) is 6.61. The Bertz CT molecular complexity index is 566. The van der Waals surface area contributed by atoms with E-state index in [4.69, 9.17) is 4.74 Å². The van der Waals surface area contributed by atoms with Crippen molar-refractivity contribution in [2.45, 2.75) is 40.0 Å². The van der Waals surface area contributed by atoms with E-state index in [9.17, 15) is 4.79 Å². The number of aryl methyl sites for hydroxylation is 1. The molecule has 26 heavy (non-hydrogen) atoms. The first-order valence-electron chi connectivity index (χ1n) is 9.94. The fourth-order valence-corrected chi connectivity index (χ4v) is 3.37. The number of benzene rings is 1. The van der Waals surface area contributed by atoms with Gasteiger partial charge in [0, 0.05) is 39.3 Å². The molecule has 1 aliphatic rings. The Balaban J connectivity index is 1.66. The van der Waals surface area contributed by atoms with Crippen LogP contribution in [0, 0.1) is 6.92 Å². The van der Waals surface area contributed by atoms with E-state index in [2.05, 4.69) is 61.0 Å². The Hall–Kier alpha value is -1.59. The molecule has 0 saturated carbocycles. The maximum Gasteiger partial charge on any atom is 0.234 e. The van der Waals surface area contributed by atoms with Crippen LogP contribution >= 0.6 is 0 Å². The molecule has 0 unspecified atom stereocenters. The van der Waals surface area contributed by atoms with Crippen LogP contribution in [0.3, 0.4) is 0 Å². The SMILES string of the molecule is CCCNC(=O)CN1CCN(CCOc2ccc(C(C)C)c(C)c2)CC1. The Morgan fingerprint density at radius 1 is 1.19 bits per heavy atom. The molecule has 0 aromatic heterocycles. The van der Waals surface area contributed by atoms with Crippen molar-refractivity contribution in [3.63, 3.8) is 0 Å². The summed E-state index contributed by atoms with van der Waals surface area (Å²) in [6, 6.07) is 6.40. The minimum atomic E-state index is 0.142. The summed E-state index contributed by atoms with van der Waals surface area (Å²) >= 11 is 0. The second-order valence-electron chi connectivity index (χ2n) is 7.49. The van der Waals surface area contributed by atoms with E-state index in [0.717, 1.165) is 51.4 Å². The fourth-order valence-electron chi connectivity index (χ4n) is 3.37. The predicted octanol–water partition coefficient (Wildman–Crippen LogP) is 2.64. The fraction of sp³-hybridized carbons (Fsp3) is 0.667. The van der Waals surface area contributed by atoms with Gasteiger partial charge in [-0.1, -0.05) is 26.8 Å². The topological polar surface area (TPSA) is 44.8 Å². The zero-order chi connectivity index (χ0) is 18.9. The van der Waals surface area contributed by atoms with Gasteiger partial charge in [-0.15, -0.1) is 0 Å². The van der Waals surface area contributed by atoms with Crippen molar-refractivity contribution in [3.05, 3.63) is 29.3 Å². The maximum absolute atomic E-state index is 11.8. The van der Waals surface area contributed by atoms with Gasteiger partial charge in [-0.25, -0.2) is 0 Å². The van der Waals surface area contributed by atoms with E-state index >= 15 is 0 Å².